The number of hydrogen-bond donors (Lipinski definition) is 2. The molecule has 160 valence electrons. The van der Waals surface area contributed by atoms with E-state index in [2.05, 4.69) is 11.9 Å². The largest absolute Gasteiger partial charge is 0.491 e. The van der Waals surface area contributed by atoms with Crippen molar-refractivity contribution in [2.24, 2.45) is 11.1 Å². The lowest BCUT2D eigenvalue weighted by atomic mass is 9.71. The summed E-state index contributed by atoms with van der Waals surface area (Å²) in [7, 11) is 2.07. The second-order valence-corrected chi connectivity index (χ2v) is 7.95. The highest BCUT2D eigenvalue weighted by atomic mass is 35.5. The zero-order valence-electron chi connectivity index (χ0n) is 16.1. The summed E-state index contributed by atoms with van der Waals surface area (Å²) in [6.07, 6.45) is 2.20. The molecule has 3 N–H and O–H groups in total. The van der Waals surface area contributed by atoms with Crippen LogP contribution >= 0.6 is 36.4 Å². The molecule has 0 unspecified atom stereocenters. The lowest BCUT2D eigenvalue weighted by Crippen LogP contribution is -2.59. The van der Waals surface area contributed by atoms with E-state index in [9.17, 15) is 9.90 Å². The van der Waals surface area contributed by atoms with Crippen molar-refractivity contribution in [3.63, 3.8) is 0 Å². The zero-order valence-corrected chi connectivity index (χ0v) is 18.5. The van der Waals surface area contributed by atoms with Crippen LogP contribution in [0.15, 0.2) is 18.2 Å². The molecule has 2 heterocycles. The molecule has 1 aromatic carbocycles. The minimum absolute atomic E-state index is 0. The van der Waals surface area contributed by atoms with Crippen LogP contribution in [0.25, 0.3) is 0 Å². The first-order chi connectivity index (χ1) is 12.4. The summed E-state index contributed by atoms with van der Waals surface area (Å²) in [4.78, 5) is 17.3. The van der Waals surface area contributed by atoms with E-state index in [0.29, 0.717) is 42.6 Å². The molecule has 2 aliphatic rings. The van der Waals surface area contributed by atoms with Crippen molar-refractivity contribution in [2.45, 2.75) is 25.4 Å². The molecule has 2 aliphatic heterocycles. The molecule has 1 amide bonds. The van der Waals surface area contributed by atoms with E-state index < -0.39 is 0 Å². The third-order valence-electron chi connectivity index (χ3n) is 5.52. The first kappa shape index (κ1) is 25.3. The number of nitrogens with zero attached hydrogens (tertiary/aromatic N) is 2. The van der Waals surface area contributed by atoms with Gasteiger partial charge in [0, 0.05) is 43.2 Å². The maximum Gasteiger partial charge on any atom is 0.257 e. The van der Waals surface area contributed by atoms with Crippen molar-refractivity contribution < 1.29 is 14.6 Å². The predicted molar refractivity (Wildman–Crippen MR) is 116 cm³/mol. The van der Waals surface area contributed by atoms with Crippen LogP contribution in [0, 0.1) is 5.41 Å². The molecular formula is C19H30Cl3N3O3. The number of nitrogens with two attached hydrogens (primary N) is 1. The number of benzene rings is 1. The molecule has 0 radical (unpaired) electrons. The van der Waals surface area contributed by atoms with Gasteiger partial charge in [-0.05, 0) is 44.5 Å². The lowest BCUT2D eigenvalue weighted by Gasteiger charge is -2.50. The second kappa shape index (κ2) is 10.9. The summed E-state index contributed by atoms with van der Waals surface area (Å²) in [6, 6.07) is 5.08. The fourth-order valence-electron chi connectivity index (χ4n) is 4.24. The SMILES string of the molecule is CN1CC[C@H](O)[C@@]2(CCCN(C(=O)c3cc(Cl)ccc3OCCN)C2)C1.Cl.Cl. The van der Waals surface area contributed by atoms with Crippen molar-refractivity contribution in [1.29, 1.82) is 0 Å². The molecule has 6 nitrogen and oxygen atoms in total. The van der Waals surface area contributed by atoms with Gasteiger partial charge in [0.15, 0.2) is 0 Å². The summed E-state index contributed by atoms with van der Waals surface area (Å²) >= 11 is 6.12. The zero-order chi connectivity index (χ0) is 18.7. The van der Waals surface area contributed by atoms with Gasteiger partial charge >= 0.3 is 0 Å². The van der Waals surface area contributed by atoms with Gasteiger partial charge in [0.1, 0.15) is 12.4 Å². The van der Waals surface area contributed by atoms with E-state index in [1.807, 2.05) is 4.90 Å². The minimum atomic E-state index is -0.373. The third kappa shape index (κ3) is 5.43. The maximum absolute atomic E-state index is 13.2. The van der Waals surface area contributed by atoms with Crippen LogP contribution in [-0.2, 0) is 0 Å². The van der Waals surface area contributed by atoms with E-state index in [0.717, 1.165) is 32.4 Å². The number of ether oxygens (including phenoxy) is 1. The van der Waals surface area contributed by atoms with Crippen molar-refractivity contribution in [2.75, 3.05) is 46.4 Å². The van der Waals surface area contributed by atoms with Crippen LogP contribution in [0.1, 0.15) is 29.6 Å². The number of carbonyl (C=O) groups is 1. The van der Waals surface area contributed by atoms with Gasteiger partial charge in [-0.25, -0.2) is 0 Å². The first-order valence-electron chi connectivity index (χ1n) is 9.23. The highest BCUT2D eigenvalue weighted by molar-refractivity contribution is 6.31. The smallest absolute Gasteiger partial charge is 0.257 e. The Morgan fingerprint density at radius 3 is 2.82 bits per heavy atom. The second-order valence-electron chi connectivity index (χ2n) is 7.51. The van der Waals surface area contributed by atoms with Crippen molar-refractivity contribution in [3.8, 4) is 5.75 Å². The molecule has 1 spiro atoms. The Hall–Kier alpha value is -0.760. The van der Waals surface area contributed by atoms with Crippen molar-refractivity contribution in [3.05, 3.63) is 28.8 Å². The minimum Gasteiger partial charge on any atom is -0.491 e. The maximum atomic E-state index is 13.2. The molecule has 0 aliphatic carbocycles. The standard InChI is InChI=1S/C19H28ClN3O3.2ClH/c1-22-9-5-17(24)19(12-22)6-2-8-23(13-19)18(25)15-11-14(20)3-4-16(15)26-10-7-21;;/h3-4,11,17,24H,2,5-10,12-13,21H2,1H3;2*1H/t17-,19-;;/m0../s1. The van der Waals surface area contributed by atoms with Crippen molar-refractivity contribution in [1.82, 2.24) is 9.80 Å². The molecule has 0 saturated carbocycles. The summed E-state index contributed by atoms with van der Waals surface area (Å²) in [5, 5.41) is 11.2. The Balaban J connectivity index is 0.00000196. The van der Waals surface area contributed by atoms with Crippen LogP contribution in [0.3, 0.4) is 0 Å². The van der Waals surface area contributed by atoms with E-state index in [-0.39, 0.29) is 42.2 Å². The number of aliphatic hydroxyl groups excluding tert-OH is 1. The van der Waals surface area contributed by atoms with Crippen LogP contribution < -0.4 is 10.5 Å². The van der Waals surface area contributed by atoms with E-state index in [1.54, 1.807) is 18.2 Å². The van der Waals surface area contributed by atoms with Gasteiger partial charge in [-0.15, -0.1) is 24.8 Å². The number of aliphatic hydroxyl groups is 1. The number of amides is 1. The van der Waals surface area contributed by atoms with Gasteiger partial charge < -0.3 is 25.4 Å². The number of halogens is 3. The Morgan fingerprint density at radius 1 is 1.36 bits per heavy atom. The molecule has 2 saturated heterocycles. The van der Waals surface area contributed by atoms with Crippen LogP contribution in [0.4, 0.5) is 0 Å². The average Bonchev–Trinajstić information content (AvgIpc) is 2.63. The van der Waals surface area contributed by atoms with Crippen LogP contribution in [-0.4, -0.2) is 73.3 Å². The Morgan fingerprint density at radius 2 is 2.11 bits per heavy atom. The average molecular weight is 455 g/mol. The van der Waals surface area contributed by atoms with Crippen molar-refractivity contribution >= 4 is 42.3 Å². The third-order valence-corrected chi connectivity index (χ3v) is 5.75. The number of likely N-dealkylation sites (tertiary alicyclic amines) is 2. The van der Waals surface area contributed by atoms with Gasteiger partial charge in [0.2, 0.25) is 0 Å². The van der Waals surface area contributed by atoms with Gasteiger partial charge in [0.25, 0.3) is 5.91 Å². The summed E-state index contributed by atoms with van der Waals surface area (Å²) in [5.74, 6) is 0.407. The van der Waals surface area contributed by atoms with Crippen LogP contribution in [0.2, 0.25) is 5.02 Å². The number of carbonyl (C=O) groups excluding carboxylic acids is 1. The molecule has 3 rings (SSSR count). The van der Waals surface area contributed by atoms with E-state index in [4.69, 9.17) is 22.1 Å². The van der Waals surface area contributed by atoms with Gasteiger partial charge in [0.05, 0.1) is 11.7 Å². The van der Waals surface area contributed by atoms with Gasteiger partial charge in [-0.2, -0.15) is 0 Å². The molecule has 28 heavy (non-hydrogen) atoms. The fourth-order valence-corrected chi connectivity index (χ4v) is 4.41. The molecule has 0 aromatic heterocycles. The lowest BCUT2D eigenvalue weighted by molar-refractivity contribution is -0.0731. The fraction of sp³-hybridized carbons (Fsp3) is 0.632. The quantitative estimate of drug-likeness (QED) is 0.730. The Kier molecular flexibility index (Phi) is 9.80. The van der Waals surface area contributed by atoms with Gasteiger partial charge in [-0.3, -0.25) is 4.79 Å². The molecule has 9 heteroatoms. The van der Waals surface area contributed by atoms with Gasteiger partial charge in [-0.1, -0.05) is 11.6 Å². The predicted octanol–water partition coefficient (Wildman–Crippen LogP) is 2.44. The van der Waals surface area contributed by atoms with E-state index in [1.165, 1.54) is 0 Å². The Bertz CT molecular complexity index is 665. The number of hydrogen-bond acceptors (Lipinski definition) is 5. The summed E-state index contributed by atoms with van der Waals surface area (Å²) < 4.78 is 5.64. The molecule has 2 atom stereocenters. The summed E-state index contributed by atoms with van der Waals surface area (Å²) in [6.45, 7) is 3.66. The first-order valence-corrected chi connectivity index (χ1v) is 9.61. The monoisotopic (exact) mass is 453 g/mol. The topological polar surface area (TPSA) is 79.0 Å². The normalized spacial score (nSPS) is 25.0. The highest BCUT2D eigenvalue weighted by Crippen LogP contribution is 2.39. The highest BCUT2D eigenvalue weighted by Gasteiger charge is 2.45. The van der Waals surface area contributed by atoms with Crippen LogP contribution in [0.5, 0.6) is 5.75 Å². The van der Waals surface area contributed by atoms with E-state index >= 15 is 0 Å². The molecule has 2 fully saturated rings. The molecule has 0 bridgehead atoms. The Labute approximate surface area is 184 Å². The summed E-state index contributed by atoms with van der Waals surface area (Å²) in [5.41, 5.74) is 5.73. The number of piperidine rings is 2. The molecule has 1 aromatic rings. The number of rotatable bonds is 4. The molecular weight excluding hydrogens is 425 g/mol.